The fourth-order valence-electron chi connectivity index (χ4n) is 5.85. The number of hydrogen-bond acceptors (Lipinski definition) is 8. The van der Waals surface area contributed by atoms with Crippen LogP contribution < -0.4 is 14.2 Å². The molecule has 0 atom stereocenters. The number of rotatable bonds is 13. The molecular formula is C44H44O8. The molecule has 0 unspecified atom stereocenters. The largest absolute Gasteiger partial charge is 0.519 e. The zero-order chi connectivity index (χ0) is 37.3. The Balaban J connectivity index is 1.12. The maximum atomic E-state index is 12.6. The summed E-state index contributed by atoms with van der Waals surface area (Å²) in [6.45, 7) is 10.2. The number of carbonyl (C=O) groups excluding carboxylic acids is 3. The standard InChI is InChI=1S/C44H44O8/c1-30(45)49-28-32-8-7-9-33(26-32)29-50-41(46)27-31-10-12-34(13-11-31)43(2,3)36-16-22-39(23-17-36)51-42(47)52-40-24-18-37(19-25-40)44(4,5)35-14-20-38(48-6)21-15-35/h7-26H,27-29H2,1-6H3. The topological polar surface area (TPSA) is 97.4 Å². The van der Waals surface area contributed by atoms with E-state index in [0.717, 1.165) is 44.7 Å². The number of methoxy groups -OCH3 is 1. The molecule has 0 heterocycles. The van der Waals surface area contributed by atoms with Gasteiger partial charge in [-0.2, -0.15) is 0 Å². The molecule has 0 spiro atoms. The minimum Gasteiger partial charge on any atom is -0.497 e. The Bertz CT molecular complexity index is 1970. The summed E-state index contributed by atoms with van der Waals surface area (Å²) in [5.74, 6) is 0.874. The van der Waals surface area contributed by atoms with Crippen LogP contribution in [-0.4, -0.2) is 25.2 Å². The van der Waals surface area contributed by atoms with Crippen molar-refractivity contribution in [2.75, 3.05) is 7.11 Å². The first-order valence-corrected chi connectivity index (χ1v) is 17.0. The SMILES string of the molecule is COc1ccc(C(C)(C)c2ccc(OC(=O)Oc3ccc(C(C)(C)c4ccc(CC(=O)OCc5cccc(COC(C)=O)c5)cc4)cc3)cc2)cc1. The quantitative estimate of drug-likeness (QED) is 0.0886. The third-order valence-corrected chi connectivity index (χ3v) is 9.22. The Morgan fingerprint density at radius 1 is 0.519 bits per heavy atom. The van der Waals surface area contributed by atoms with Crippen molar-refractivity contribution in [1.82, 2.24) is 0 Å². The lowest BCUT2D eigenvalue weighted by Crippen LogP contribution is -2.19. The van der Waals surface area contributed by atoms with E-state index in [0.29, 0.717) is 11.5 Å². The van der Waals surface area contributed by atoms with Gasteiger partial charge in [0.15, 0.2) is 0 Å². The number of hydrogen-bond donors (Lipinski definition) is 0. The van der Waals surface area contributed by atoms with Crippen molar-refractivity contribution in [1.29, 1.82) is 0 Å². The summed E-state index contributed by atoms with van der Waals surface area (Å²) in [7, 11) is 1.65. The molecule has 0 N–H and O–H groups in total. The second-order valence-electron chi connectivity index (χ2n) is 13.6. The van der Waals surface area contributed by atoms with Gasteiger partial charge in [-0.1, -0.05) is 107 Å². The molecule has 0 aliphatic heterocycles. The van der Waals surface area contributed by atoms with Gasteiger partial charge < -0.3 is 23.7 Å². The average Bonchev–Trinajstić information content (AvgIpc) is 3.14. The average molecular weight is 701 g/mol. The van der Waals surface area contributed by atoms with E-state index >= 15 is 0 Å². The predicted molar refractivity (Wildman–Crippen MR) is 199 cm³/mol. The van der Waals surface area contributed by atoms with Gasteiger partial charge in [0.25, 0.3) is 0 Å². The Hall–Kier alpha value is -5.89. The minimum atomic E-state index is -0.823. The summed E-state index contributed by atoms with van der Waals surface area (Å²) in [6.07, 6.45) is -0.682. The lowest BCUT2D eigenvalue weighted by atomic mass is 9.78. The zero-order valence-electron chi connectivity index (χ0n) is 30.4. The smallest absolute Gasteiger partial charge is 0.497 e. The second-order valence-corrected chi connectivity index (χ2v) is 13.6. The molecule has 0 aliphatic rings. The first-order valence-electron chi connectivity index (χ1n) is 17.0. The van der Waals surface area contributed by atoms with Crippen molar-refractivity contribution < 1.29 is 38.1 Å². The van der Waals surface area contributed by atoms with Crippen LogP contribution in [0.4, 0.5) is 4.79 Å². The molecule has 5 aromatic carbocycles. The third kappa shape index (κ3) is 9.66. The third-order valence-electron chi connectivity index (χ3n) is 9.22. The lowest BCUT2D eigenvalue weighted by Gasteiger charge is -2.26. The van der Waals surface area contributed by atoms with Gasteiger partial charge in [0.2, 0.25) is 0 Å². The highest BCUT2D eigenvalue weighted by Gasteiger charge is 2.25. The van der Waals surface area contributed by atoms with E-state index in [9.17, 15) is 14.4 Å². The van der Waals surface area contributed by atoms with Gasteiger partial charge in [0.05, 0.1) is 13.5 Å². The molecule has 0 saturated heterocycles. The predicted octanol–water partition coefficient (Wildman–Crippen LogP) is 9.27. The molecule has 0 aromatic heterocycles. The number of benzene rings is 5. The Morgan fingerprint density at radius 2 is 0.923 bits per heavy atom. The van der Waals surface area contributed by atoms with E-state index in [4.69, 9.17) is 23.7 Å². The lowest BCUT2D eigenvalue weighted by molar-refractivity contribution is -0.144. The van der Waals surface area contributed by atoms with Crippen LogP contribution in [0.1, 0.15) is 73.6 Å². The van der Waals surface area contributed by atoms with Gasteiger partial charge in [-0.3, -0.25) is 9.59 Å². The van der Waals surface area contributed by atoms with Gasteiger partial charge >= 0.3 is 18.1 Å². The molecule has 8 heteroatoms. The van der Waals surface area contributed by atoms with Crippen molar-refractivity contribution in [2.45, 2.75) is 65.1 Å². The fraction of sp³-hybridized carbons (Fsp3) is 0.250. The van der Waals surface area contributed by atoms with Crippen LogP contribution in [0.3, 0.4) is 0 Å². The molecule has 5 aromatic rings. The number of carbonyl (C=O) groups is 3. The molecule has 0 aliphatic carbocycles. The Morgan fingerprint density at radius 3 is 1.35 bits per heavy atom. The highest BCUT2D eigenvalue weighted by atomic mass is 16.7. The van der Waals surface area contributed by atoms with Crippen LogP contribution in [0.15, 0.2) is 121 Å². The molecule has 0 saturated carbocycles. The van der Waals surface area contributed by atoms with Gasteiger partial charge in [0.1, 0.15) is 30.5 Å². The fourth-order valence-corrected chi connectivity index (χ4v) is 5.85. The van der Waals surface area contributed by atoms with Gasteiger partial charge in [-0.15, -0.1) is 0 Å². The summed E-state index contributed by atoms with van der Waals surface area (Å²) in [4.78, 5) is 36.3. The summed E-state index contributed by atoms with van der Waals surface area (Å²) < 4.78 is 26.7. The molecule has 52 heavy (non-hydrogen) atoms. The highest BCUT2D eigenvalue weighted by molar-refractivity contribution is 5.72. The number of ether oxygens (including phenoxy) is 5. The normalized spacial score (nSPS) is 11.3. The van der Waals surface area contributed by atoms with Gasteiger partial charge in [0, 0.05) is 17.8 Å². The van der Waals surface area contributed by atoms with Crippen LogP contribution in [0.25, 0.3) is 0 Å². The van der Waals surface area contributed by atoms with E-state index in [1.807, 2.05) is 97.1 Å². The van der Waals surface area contributed by atoms with Crippen LogP contribution in [0, 0.1) is 0 Å². The van der Waals surface area contributed by atoms with E-state index in [1.54, 1.807) is 31.4 Å². The molecule has 0 radical (unpaired) electrons. The van der Waals surface area contributed by atoms with E-state index in [1.165, 1.54) is 6.92 Å². The summed E-state index contributed by atoms with van der Waals surface area (Å²) in [5.41, 5.74) is 6.14. The molecule has 0 amide bonds. The number of esters is 2. The molecular weight excluding hydrogens is 656 g/mol. The monoisotopic (exact) mass is 700 g/mol. The zero-order valence-corrected chi connectivity index (χ0v) is 30.4. The van der Waals surface area contributed by atoms with E-state index in [2.05, 4.69) is 27.7 Å². The highest BCUT2D eigenvalue weighted by Crippen LogP contribution is 2.34. The molecule has 0 bridgehead atoms. The van der Waals surface area contributed by atoms with Crippen LogP contribution in [-0.2, 0) is 49.5 Å². The first-order chi connectivity index (χ1) is 24.8. The summed E-state index contributed by atoms with van der Waals surface area (Å²) in [6, 6.07) is 38.0. The van der Waals surface area contributed by atoms with Crippen LogP contribution in [0.5, 0.6) is 17.2 Å². The summed E-state index contributed by atoms with van der Waals surface area (Å²) >= 11 is 0. The van der Waals surface area contributed by atoms with Crippen molar-refractivity contribution in [2.24, 2.45) is 0 Å². The Kier molecular flexibility index (Phi) is 11.8. The summed E-state index contributed by atoms with van der Waals surface area (Å²) in [5, 5.41) is 0. The Labute approximate surface area is 305 Å². The van der Waals surface area contributed by atoms with Crippen molar-refractivity contribution in [3.05, 3.63) is 160 Å². The second kappa shape index (κ2) is 16.4. The maximum Gasteiger partial charge on any atom is 0.519 e. The van der Waals surface area contributed by atoms with Gasteiger partial charge in [-0.05, 0) is 81.4 Å². The van der Waals surface area contributed by atoms with Crippen LogP contribution in [0.2, 0.25) is 0 Å². The van der Waals surface area contributed by atoms with E-state index < -0.39 is 6.16 Å². The molecule has 5 rings (SSSR count). The van der Waals surface area contributed by atoms with Crippen molar-refractivity contribution in [3.8, 4) is 17.2 Å². The van der Waals surface area contributed by atoms with Crippen molar-refractivity contribution >= 4 is 18.1 Å². The van der Waals surface area contributed by atoms with Crippen molar-refractivity contribution in [3.63, 3.8) is 0 Å². The van der Waals surface area contributed by atoms with Gasteiger partial charge in [-0.25, -0.2) is 4.79 Å². The molecule has 8 nitrogen and oxygen atoms in total. The van der Waals surface area contributed by atoms with Crippen LogP contribution >= 0.6 is 0 Å². The molecule has 268 valence electrons. The maximum absolute atomic E-state index is 12.6. The first kappa shape index (κ1) is 37.4. The minimum absolute atomic E-state index is 0.132. The van der Waals surface area contributed by atoms with E-state index in [-0.39, 0.29) is 42.4 Å². The molecule has 0 fully saturated rings.